The Balaban J connectivity index is 2.11. The molecule has 0 saturated heterocycles. The Morgan fingerprint density at radius 3 is 2.70 bits per heavy atom. The lowest BCUT2D eigenvalue weighted by Crippen LogP contribution is -2.27. The normalized spacial score (nSPS) is 17.9. The van der Waals surface area contributed by atoms with Crippen molar-refractivity contribution in [2.75, 3.05) is 12.0 Å². The first-order valence-electron chi connectivity index (χ1n) is 6.71. The van der Waals surface area contributed by atoms with Crippen LogP contribution in [0.4, 0.5) is 14.7 Å². The lowest BCUT2D eigenvalue weighted by atomic mass is 10.1. The predicted molar refractivity (Wildman–Crippen MR) is 78.8 cm³/mol. The van der Waals surface area contributed by atoms with Gasteiger partial charge in [-0.3, -0.25) is 0 Å². The molecule has 1 aliphatic carbocycles. The van der Waals surface area contributed by atoms with Crippen LogP contribution in [0, 0.1) is 11.6 Å². The van der Waals surface area contributed by atoms with Gasteiger partial charge in [-0.25, -0.2) is 13.8 Å². The molecule has 1 saturated carbocycles. The topological polar surface area (TPSA) is 43.8 Å². The van der Waals surface area contributed by atoms with E-state index < -0.39 is 11.6 Å². The number of aromatic nitrogens is 2. The molecule has 3 rings (SSSR count). The maximum absolute atomic E-state index is 14.1. The second-order valence-electron chi connectivity index (χ2n) is 5.38. The molecular formula is C14H17F2N3S. The fourth-order valence-corrected chi connectivity index (χ4v) is 4.02. The zero-order valence-corrected chi connectivity index (χ0v) is 12.1. The standard InChI is InChI=1S/C14H17F2N3S/c1-20-14(6-2-3-7-14)8-19-12-10(18-13(19)17)5-4-9(15)11(12)16/h4-5H,2-3,6-8H2,1H3,(H2,17,18). The van der Waals surface area contributed by atoms with E-state index in [0.29, 0.717) is 12.1 Å². The fraction of sp³-hybridized carbons (Fsp3) is 0.500. The first-order valence-corrected chi connectivity index (χ1v) is 7.94. The number of benzene rings is 1. The molecule has 6 heteroatoms. The predicted octanol–water partition coefficient (Wildman–Crippen LogP) is 3.57. The second-order valence-corrected chi connectivity index (χ2v) is 6.65. The Kier molecular flexibility index (Phi) is 3.36. The van der Waals surface area contributed by atoms with Crippen molar-refractivity contribution >= 4 is 28.7 Å². The third-order valence-corrected chi connectivity index (χ3v) is 5.63. The summed E-state index contributed by atoms with van der Waals surface area (Å²) in [5.74, 6) is -1.46. The molecule has 2 aromatic rings. The van der Waals surface area contributed by atoms with Gasteiger partial charge in [0.2, 0.25) is 5.95 Å². The lowest BCUT2D eigenvalue weighted by molar-refractivity contribution is 0.493. The Bertz CT molecular complexity index is 647. The summed E-state index contributed by atoms with van der Waals surface area (Å²) in [7, 11) is 0. The van der Waals surface area contributed by atoms with Gasteiger partial charge < -0.3 is 10.3 Å². The van der Waals surface area contributed by atoms with Crippen molar-refractivity contribution in [1.29, 1.82) is 0 Å². The zero-order chi connectivity index (χ0) is 14.3. The number of imidazole rings is 1. The maximum atomic E-state index is 14.1. The Morgan fingerprint density at radius 2 is 2.05 bits per heavy atom. The van der Waals surface area contributed by atoms with E-state index in [1.165, 1.54) is 18.9 Å². The number of rotatable bonds is 3. The number of nitrogens with two attached hydrogens (primary N) is 1. The number of anilines is 1. The quantitative estimate of drug-likeness (QED) is 0.942. The number of thioether (sulfide) groups is 1. The summed E-state index contributed by atoms with van der Waals surface area (Å²) in [5, 5.41) is 0. The summed E-state index contributed by atoms with van der Waals surface area (Å²) in [4.78, 5) is 4.15. The molecule has 1 heterocycles. The molecule has 0 radical (unpaired) electrons. The van der Waals surface area contributed by atoms with Gasteiger partial charge in [-0.15, -0.1) is 0 Å². The van der Waals surface area contributed by atoms with Gasteiger partial charge >= 0.3 is 0 Å². The highest BCUT2D eigenvalue weighted by Crippen LogP contribution is 2.42. The summed E-state index contributed by atoms with van der Waals surface area (Å²) < 4.78 is 29.2. The maximum Gasteiger partial charge on any atom is 0.201 e. The lowest BCUT2D eigenvalue weighted by Gasteiger charge is -2.27. The molecule has 0 atom stereocenters. The van der Waals surface area contributed by atoms with Gasteiger partial charge in [0.15, 0.2) is 11.6 Å². The van der Waals surface area contributed by atoms with Crippen LogP contribution in [0.25, 0.3) is 11.0 Å². The SMILES string of the molecule is CSC1(Cn2c(N)nc3ccc(F)c(F)c32)CCCC1. The van der Waals surface area contributed by atoms with Crippen LogP contribution in [0.1, 0.15) is 25.7 Å². The van der Waals surface area contributed by atoms with Crippen LogP contribution in [0.3, 0.4) is 0 Å². The minimum Gasteiger partial charge on any atom is -0.369 e. The molecule has 0 bridgehead atoms. The van der Waals surface area contributed by atoms with Gasteiger partial charge in [0.25, 0.3) is 0 Å². The van der Waals surface area contributed by atoms with E-state index in [1.807, 2.05) is 0 Å². The van der Waals surface area contributed by atoms with Crippen LogP contribution >= 0.6 is 11.8 Å². The third kappa shape index (κ3) is 2.06. The van der Waals surface area contributed by atoms with Crippen molar-refractivity contribution in [2.45, 2.75) is 37.0 Å². The summed E-state index contributed by atoms with van der Waals surface area (Å²) >= 11 is 1.79. The van der Waals surface area contributed by atoms with Crippen LogP contribution in [0.15, 0.2) is 12.1 Å². The van der Waals surface area contributed by atoms with Crippen molar-refractivity contribution in [3.05, 3.63) is 23.8 Å². The average Bonchev–Trinajstić information content (AvgIpc) is 3.02. The molecule has 0 unspecified atom stereocenters. The van der Waals surface area contributed by atoms with Crippen molar-refractivity contribution in [1.82, 2.24) is 9.55 Å². The van der Waals surface area contributed by atoms with E-state index in [9.17, 15) is 8.78 Å². The summed E-state index contributed by atoms with van der Waals surface area (Å²) in [5.41, 5.74) is 6.51. The molecule has 0 aliphatic heterocycles. The highest BCUT2D eigenvalue weighted by atomic mass is 32.2. The van der Waals surface area contributed by atoms with Crippen LogP contribution < -0.4 is 5.73 Å². The van der Waals surface area contributed by atoms with Crippen LogP contribution in [-0.4, -0.2) is 20.6 Å². The molecule has 0 amide bonds. The van der Waals surface area contributed by atoms with Gasteiger partial charge in [0.05, 0.1) is 5.52 Å². The van der Waals surface area contributed by atoms with E-state index in [4.69, 9.17) is 5.73 Å². The Labute approximate surface area is 120 Å². The van der Waals surface area contributed by atoms with Gasteiger partial charge in [-0.1, -0.05) is 12.8 Å². The minimum atomic E-state index is -0.860. The van der Waals surface area contributed by atoms with Crippen LogP contribution in [0.5, 0.6) is 0 Å². The first-order chi connectivity index (χ1) is 9.56. The molecule has 1 fully saturated rings. The number of halogens is 2. The molecule has 1 aromatic heterocycles. The monoisotopic (exact) mass is 297 g/mol. The van der Waals surface area contributed by atoms with E-state index in [2.05, 4.69) is 11.2 Å². The smallest absolute Gasteiger partial charge is 0.201 e. The number of hydrogen-bond acceptors (Lipinski definition) is 3. The van der Waals surface area contributed by atoms with Gasteiger partial charge in [-0.05, 0) is 31.2 Å². The van der Waals surface area contributed by atoms with Crippen LogP contribution in [0.2, 0.25) is 0 Å². The molecule has 1 aromatic carbocycles. The van der Waals surface area contributed by atoms with E-state index >= 15 is 0 Å². The second kappa shape index (κ2) is 4.91. The molecule has 1 aliphatic rings. The molecule has 108 valence electrons. The van der Waals surface area contributed by atoms with Gasteiger partial charge in [0.1, 0.15) is 5.52 Å². The summed E-state index contributed by atoms with van der Waals surface area (Å²) in [6.45, 7) is 0.580. The van der Waals surface area contributed by atoms with E-state index in [-0.39, 0.29) is 16.2 Å². The number of hydrogen-bond donors (Lipinski definition) is 1. The highest BCUT2D eigenvalue weighted by molar-refractivity contribution is 8.00. The average molecular weight is 297 g/mol. The van der Waals surface area contributed by atoms with Crippen molar-refractivity contribution < 1.29 is 8.78 Å². The molecule has 3 nitrogen and oxygen atoms in total. The largest absolute Gasteiger partial charge is 0.369 e. The molecule has 0 spiro atoms. The number of nitrogen functional groups attached to an aromatic ring is 1. The molecule has 2 N–H and O–H groups in total. The van der Waals surface area contributed by atoms with Crippen molar-refractivity contribution in [2.24, 2.45) is 0 Å². The number of fused-ring (bicyclic) bond motifs is 1. The summed E-state index contributed by atoms with van der Waals surface area (Å²) in [6, 6.07) is 2.56. The van der Waals surface area contributed by atoms with Crippen molar-refractivity contribution in [3.8, 4) is 0 Å². The molecule has 20 heavy (non-hydrogen) atoms. The van der Waals surface area contributed by atoms with E-state index in [0.717, 1.165) is 18.9 Å². The van der Waals surface area contributed by atoms with Gasteiger partial charge in [-0.2, -0.15) is 11.8 Å². The zero-order valence-electron chi connectivity index (χ0n) is 11.3. The minimum absolute atomic E-state index is 0.0561. The molecular weight excluding hydrogens is 280 g/mol. The first kappa shape index (κ1) is 13.7. The highest BCUT2D eigenvalue weighted by Gasteiger charge is 2.34. The van der Waals surface area contributed by atoms with Crippen LogP contribution in [-0.2, 0) is 6.54 Å². The fourth-order valence-electron chi connectivity index (χ4n) is 3.07. The number of nitrogens with zero attached hydrogens (tertiary/aromatic N) is 2. The Hall–Kier alpha value is -1.30. The van der Waals surface area contributed by atoms with E-state index in [1.54, 1.807) is 16.3 Å². The van der Waals surface area contributed by atoms with Gasteiger partial charge in [0, 0.05) is 11.3 Å². The summed E-state index contributed by atoms with van der Waals surface area (Å²) in [6.07, 6.45) is 6.56. The van der Waals surface area contributed by atoms with Crippen molar-refractivity contribution in [3.63, 3.8) is 0 Å². The third-order valence-electron chi connectivity index (χ3n) is 4.22. The Morgan fingerprint density at radius 1 is 1.35 bits per heavy atom.